The molecule has 0 unspecified atom stereocenters. The molecular weight excluding hydrogens is 274 g/mol. The maximum Gasteiger partial charge on any atom is 0.238 e. The van der Waals surface area contributed by atoms with Crippen LogP contribution >= 0.6 is 10.7 Å². The van der Waals surface area contributed by atoms with Gasteiger partial charge in [-0.15, -0.1) is 0 Å². The smallest absolute Gasteiger partial charge is 0.238 e. The molecule has 2 rings (SSSR count). The second-order valence-corrected chi connectivity index (χ2v) is 6.96. The lowest BCUT2D eigenvalue weighted by Crippen LogP contribution is -1.94. The topological polar surface area (TPSA) is 60.2 Å². The number of nitrogens with zero attached hydrogens (tertiary/aromatic N) is 1. The molecule has 0 N–H and O–H groups in total. The first-order valence-corrected chi connectivity index (χ1v) is 7.78. The highest BCUT2D eigenvalue weighted by Crippen LogP contribution is 2.26. The fourth-order valence-corrected chi connectivity index (χ4v) is 2.51. The van der Waals surface area contributed by atoms with Crippen LogP contribution in [0.15, 0.2) is 28.8 Å². The van der Waals surface area contributed by atoms with Crippen molar-refractivity contribution in [3.63, 3.8) is 0 Å². The first-order valence-electron chi connectivity index (χ1n) is 5.31. The molecule has 0 aliphatic heterocycles. The van der Waals surface area contributed by atoms with Crippen LogP contribution in [0, 0.1) is 13.8 Å². The van der Waals surface area contributed by atoms with Gasteiger partial charge >= 0.3 is 0 Å². The van der Waals surface area contributed by atoms with Gasteiger partial charge in [0, 0.05) is 22.3 Å². The van der Waals surface area contributed by atoms with Crippen LogP contribution in [-0.4, -0.2) is 13.6 Å². The third-order valence-corrected chi connectivity index (χ3v) is 3.51. The van der Waals surface area contributed by atoms with Crippen LogP contribution in [-0.2, 0) is 14.8 Å². The lowest BCUT2D eigenvalue weighted by atomic mass is 10.0. The maximum atomic E-state index is 11.0. The Labute approximate surface area is 110 Å². The van der Waals surface area contributed by atoms with Crippen molar-refractivity contribution in [3.8, 4) is 11.3 Å². The van der Waals surface area contributed by atoms with Gasteiger partial charge in [-0.05, 0) is 25.5 Å². The van der Waals surface area contributed by atoms with E-state index in [0.29, 0.717) is 11.5 Å². The van der Waals surface area contributed by atoms with Crippen LogP contribution in [0.3, 0.4) is 0 Å². The molecule has 0 bridgehead atoms. The Kier molecular flexibility index (Phi) is 3.45. The lowest BCUT2D eigenvalue weighted by Gasteiger charge is -2.02. The minimum Gasteiger partial charge on any atom is -0.356 e. The Morgan fingerprint density at radius 2 is 2.00 bits per heavy atom. The Hall–Kier alpha value is -1.33. The largest absolute Gasteiger partial charge is 0.356 e. The van der Waals surface area contributed by atoms with Gasteiger partial charge in [-0.3, -0.25) is 0 Å². The van der Waals surface area contributed by atoms with Gasteiger partial charge in [-0.1, -0.05) is 22.9 Å². The Bertz CT molecular complexity index is 676. The third-order valence-electron chi connectivity index (χ3n) is 2.54. The van der Waals surface area contributed by atoms with Gasteiger partial charge in [-0.2, -0.15) is 0 Å². The molecule has 0 saturated carbocycles. The predicted molar refractivity (Wildman–Crippen MR) is 69.9 cm³/mol. The lowest BCUT2D eigenvalue weighted by molar-refractivity contribution is 0.425. The summed E-state index contributed by atoms with van der Waals surface area (Å²) in [5, 5.41) is 3.71. The Balaban J connectivity index is 2.38. The SMILES string of the molecule is Cc1ccc(C)c(-c2cc(CS(=O)(=O)Cl)no2)c1. The highest BCUT2D eigenvalue weighted by atomic mass is 35.7. The quantitative estimate of drug-likeness (QED) is 0.813. The fraction of sp³-hybridized carbons (Fsp3) is 0.250. The van der Waals surface area contributed by atoms with Crippen LogP contribution < -0.4 is 0 Å². The number of aryl methyl sites for hydroxylation is 2. The normalized spacial score (nSPS) is 11.7. The molecule has 1 aromatic carbocycles. The molecule has 96 valence electrons. The summed E-state index contributed by atoms with van der Waals surface area (Å²) in [5.74, 6) is 0.217. The van der Waals surface area contributed by atoms with E-state index in [1.807, 2.05) is 32.0 Å². The molecule has 4 nitrogen and oxygen atoms in total. The summed E-state index contributed by atoms with van der Waals surface area (Å²) >= 11 is 0. The van der Waals surface area contributed by atoms with E-state index in [-0.39, 0.29) is 5.75 Å². The summed E-state index contributed by atoms with van der Waals surface area (Å²) in [6.45, 7) is 3.93. The first kappa shape index (κ1) is 13.1. The molecule has 0 fully saturated rings. The fourth-order valence-electron chi connectivity index (χ4n) is 1.68. The van der Waals surface area contributed by atoms with E-state index in [1.54, 1.807) is 6.07 Å². The van der Waals surface area contributed by atoms with Gasteiger partial charge in [0.25, 0.3) is 0 Å². The summed E-state index contributed by atoms with van der Waals surface area (Å²) in [6, 6.07) is 7.54. The van der Waals surface area contributed by atoms with Crippen molar-refractivity contribution < 1.29 is 12.9 Å². The van der Waals surface area contributed by atoms with Crippen LogP contribution in [0.1, 0.15) is 16.8 Å². The summed E-state index contributed by atoms with van der Waals surface area (Å²) in [4.78, 5) is 0. The van der Waals surface area contributed by atoms with Crippen molar-refractivity contribution >= 4 is 19.7 Å². The zero-order chi connectivity index (χ0) is 13.3. The summed E-state index contributed by atoms with van der Waals surface area (Å²) in [6.07, 6.45) is 0. The summed E-state index contributed by atoms with van der Waals surface area (Å²) in [7, 11) is 1.56. The molecule has 0 saturated heterocycles. The summed E-state index contributed by atoms with van der Waals surface area (Å²) in [5.41, 5.74) is 3.34. The van der Waals surface area contributed by atoms with Crippen LogP contribution in [0.25, 0.3) is 11.3 Å². The molecule has 0 aliphatic carbocycles. The van der Waals surface area contributed by atoms with E-state index in [2.05, 4.69) is 5.16 Å². The molecular formula is C12H12ClNO3S. The van der Waals surface area contributed by atoms with E-state index in [1.165, 1.54) is 0 Å². The van der Waals surface area contributed by atoms with Crippen molar-refractivity contribution in [2.75, 3.05) is 0 Å². The standard InChI is InChI=1S/C12H12ClNO3S/c1-8-3-4-9(2)11(5-8)12-6-10(14-17-12)7-18(13,15)16/h3-6H,7H2,1-2H3. The predicted octanol–water partition coefficient (Wildman–Crippen LogP) is 3.03. The molecule has 0 aliphatic rings. The van der Waals surface area contributed by atoms with Gasteiger partial charge in [-0.25, -0.2) is 8.42 Å². The minimum atomic E-state index is -3.61. The zero-order valence-corrected chi connectivity index (χ0v) is 11.5. The van der Waals surface area contributed by atoms with Crippen molar-refractivity contribution in [2.45, 2.75) is 19.6 Å². The highest BCUT2D eigenvalue weighted by molar-refractivity contribution is 8.13. The van der Waals surface area contributed by atoms with Crippen LogP contribution in [0.2, 0.25) is 0 Å². The van der Waals surface area contributed by atoms with Gasteiger partial charge in [0.05, 0.1) is 0 Å². The number of hydrogen-bond donors (Lipinski definition) is 0. The van der Waals surface area contributed by atoms with Gasteiger partial charge in [0.1, 0.15) is 11.4 Å². The monoisotopic (exact) mass is 285 g/mol. The molecule has 0 spiro atoms. The van der Waals surface area contributed by atoms with Gasteiger partial charge < -0.3 is 4.52 Å². The average Bonchev–Trinajstić information content (AvgIpc) is 2.67. The Morgan fingerprint density at radius 3 is 2.67 bits per heavy atom. The molecule has 0 amide bonds. The maximum absolute atomic E-state index is 11.0. The number of rotatable bonds is 3. The number of aromatic nitrogens is 1. The van der Waals surface area contributed by atoms with Crippen molar-refractivity contribution in [2.24, 2.45) is 0 Å². The Morgan fingerprint density at radius 1 is 1.28 bits per heavy atom. The van der Waals surface area contributed by atoms with E-state index in [0.717, 1.165) is 16.7 Å². The molecule has 6 heteroatoms. The van der Waals surface area contributed by atoms with E-state index < -0.39 is 9.05 Å². The second kappa shape index (κ2) is 4.74. The molecule has 2 aromatic rings. The highest BCUT2D eigenvalue weighted by Gasteiger charge is 2.14. The van der Waals surface area contributed by atoms with Crippen LogP contribution in [0.5, 0.6) is 0 Å². The number of hydrogen-bond acceptors (Lipinski definition) is 4. The second-order valence-electron chi connectivity index (χ2n) is 4.18. The number of halogens is 1. The van der Waals surface area contributed by atoms with Crippen molar-refractivity contribution in [1.82, 2.24) is 5.16 Å². The third kappa shape index (κ3) is 3.11. The van der Waals surface area contributed by atoms with Gasteiger partial charge in [0.2, 0.25) is 9.05 Å². The minimum absolute atomic E-state index is 0.306. The molecule has 0 radical (unpaired) electrons. The first-order chi connectivity index (χ1) is 8.35. The zero-order valence-electron chi connectivity index (χ0n) is 9.97. The number of benzene rings is 1. The van der Waals surface area contributed by atoms with E-state index >= 15 is 0 Å². The molecule has 18 heavy (non-hydrogen) atoms. The van der Waals surface area contributed by atoms with Crippen molar-refractivity contribution in [1.29, 1.82) is 0 Å². The van der Waals surface area contributed by atoms with Gasteiger partial charge in [0.15, 0.2) is 5.76 Å². The molecule has 1 aromatic heterocycles. The van der Waals surface area contributed by atoms with E-state index in [4.69, 9.17) is 15.2 Å². The molecule has 1 heterocycles. The van der Waals surface area contributed by atoms with Crippen molar-refractivity contribution in [3.05, 3.63) is 41.1 Å². The average molecular weight is 286 g/mol. The van der Waals surface area contributed by atoms with Crippen LogP contribution in [0.4, 0.5) is 0 Å². The summed E-state index contributed by atoms with van der Waals surface area (Å²) < 4.78 is 27.1. The van der Waals surface area contributed by atoms with E-state index in [9.17, 15) is 8.42 Å². The molecule has 0 atom stereocenters.